The third-order valence-corrected chi connectivity index (χ3v) is 24.2. The molecule has 15 aromatic carbocycles. The fourth-order valence-corrected chi connectivity index (χ4v) is 19.8. The number of nitrogens with zero attached hydrogens (tertiary/aromatic N) is 9. The van der Waals surface area contributed by atoms with Gasteiger partial charge in [0.1, 0.15) is 11.4 Å². The van der Waals surface area contributed by atoms with Gasteiger partial charge in [-0.1, -0.05) is 267 Å². The molecule has 9 nitrogen and oxygen atoms in total. The van der Waals surface area contributed by atoms with Crippen molar-refractivity contribution in [1.29, 1.82) is 0 Å². The smallest absolute Gasteiger partial charge is 0.168 e. The molecule has 0 spiro atoms. The summed E-state index contributed by atoms with van der Waals surface area (Å²) in [6.45, 7) is 0. The van der Waals surface area contributed by atoms with E-state index in [-0.39, 0.29) is 0 Å². The van der Waals surface area contributed by atoms with E-state index in [0.717, 1.165) is 140 Å². The lowest BCUT2D eigenvalue weighted by atomic mass is 10.0. The molecule has 0 fully saturated rings. The van der Waals surface area contributed by atoms with Crippen molar-refractivity contribution >= 4 is 109 Å². The number of aromatic nitrogens is 9. The van der Waals surface area contributed by atoms with Crippen LogP contribution in [0.4, 0.5) is 0 Å². The van der Waals surface area contributed by atoms with Crippen LogP contribution in [0, 0.1) is 0 Å². The van der Waals surface area contributed by atoms with E-state index in [9.17, 15) is 0 Å². The second kappa shape index (κ2) is 22.5. The van der Waals surface area contributed by atoms with Gasteiger partial charge in [-0.15, -0.1) is 0 Å². The van der Waals surface area contributed by atoms with Gasteiger partial charge in [0.25, 0.3) is 0 Å². The fourth-order valence-electron chi connectivity index (χ4n) is 19.8. The number of benzene rings is 15. The highest BCUT2D eigenvalue weighted by atomic mass is 15.2. The summed E-state index contributed by atoms with van der Waals surface area (Å²) in [5.74, 6) is 2.97. The van der Waals surface area contributed by atoms with Crippen molar-refractivity contribution in [3.8, 4) is 96.2 Å². The molecule has 3 aliphatic carbocycles. The number of para-hydroxylation sites is 6. The van der Waals surface area contributed by atoms with Crippen LogP contribution in [0.3, 0.4) is 0 Å². The zero-order valence-electron chi connectivity index (χ0n) is 59.4. The summed E-state index contributed by atoms with van der Waals surface area (Å²) in [5, 5.41) is 11.6. The second-order valence-electron chi connectivity index (χ2n) is 29.8. The Bertz CT molecular complexity index is 7740. The van der Waals surface area contributed by atoms with E-state index >= 15 is 0 Å². The van der Waals surface area contributed by atoms with E-state index in [0.29, 0.717) is 29.1 Å². The summed E-state index contributed by atoms with van der Waals surface area (Å²) in [4.78, 5) is 24.7. The summed E-state index contributed by atoms with van der Waals surface area (Å²) < 4.78 is 12.6. The summed E-state index contributed by atoms with van der Waals surface area (Å²) in [6.07, 6.45) is 2.36. The quantitative estimate of drug-likeness (QED) is 0.152. The zero-order chi connectivity index (χ0) is 71.6. The van der Waals surface area contributed by atoms with E-state index < -0.39 is 0 Å². The van der Waals surface area contributed by atoms with Crippen LogP contribution in [-0.4, -0.2) is 42.8 Å². The molecule has 0 aliphatic heterocycles. The van der Waals surface area contributed by atoms with E-state index in [2.05, 4.69) is 356 Å². The Morgan fingerprint density at radius 3 is 0.982 bits per heavy atom. The Morgan fingerprint density at radius 2 is 0.536 bits per heavy atom. The van der Waals surface area contributed by atoms with Crippen LogP contribution < -0.4 is 0 Å². The van der Waals surface area contributed by atoms with Gasteiger partial charge in [0, 0.05) is 70.7 Å². The molecule has 0 atom stereocenters. The van der Waals surface area contributed by atoms with E-state index in [4.69, 9.17) is 19.9 Å². The molecular formula is C101H61N9. The standard InChI is InChI=1S/C101H61N9/c1-4-26-59(27-5-1)97-102-98(60-28-6-2-7-29-60)104-99(103-97)93-95(107-81-44-22-17-39-73(81)89-77-56-61-30-10-13-35-65(61)68(77)48-52-85(89)107)100(109-83-46-24-19-41-75(83)91-79-58-63-32-12-15-37-67(63)70(79)50-54-87(91)109)105-101(96(93)108-82-45-23-18-40-74(82)90-78-57-62-31-11-14-36-66(62)69(78)49-53-86(90)108)110-84-47-25-20-42-76(84)92-88(110)55-51-72-71-38-16-21-43-80(71)106(94(72)92)64-33-8-3-9-34-64/h1-55H,56-58H2. The Balaban J connectivity index is 0.958. The highest BCUT2D eigenvalue weighted by Gasteiger charge is 2.38. The van der Waals surface area contributed by atoms with Crippen molar-refractivity contribution < 1.29 is 0 Å². The van der Waals surface area contributed by atoms with Gasteiger partial charge in [0.15, 0.2) is 29.1 Å². The Labute approximate surface area is 630 Å². The highest BCUT2D eigenvalue weighted by Crippen LogP contribution is 2.54. The molecule has 0 bridgehead atoms. The summed E-state index contributed by atoms with van der Waals surface area (Å²) in [5.41, 5.74) is 31.1. The molecule has 3 aliphatic rings. The molecule has 7 heterocycles. The predicted molar refractivity (Wildman–Crippen MR) is 450 cm³/mol. The lowest BCUT2D eigenvalue weighted by Crippen LogP contribution is -2.17. The predicted octanol–water partition coefficient (Wildman–Crippen LogP) is 24.5. The topological polar surface area (TPSA) is 76.2 Å². The number of hydrogen-bond acceptors (Lipinski definition) is 4. The van der Waals surface area contributed by atoms with Crippen LogP contribution >= 0.6 is 0 Å². The fraction of sp³-hybridized carbons (Fsp3) is 0.0297. The third-order valence-electron chi connectivity index (χ3n) is 24.2. The molecule has 510 valence electrons. The maximum Gasteiger partial charge on any atom is 0.168 e. The molecule has 0 N–H and O–H groups in total. The van der Waals surface area contributed by atoms with Crippen molar-refractivity contribution in [3.05, 3.63) is 367 Å². The van der Waals surface area contributed by atoms with Crippen LogP contribution in [0.2, 0.25) is 0 Å². The summed E-state index contributed by atoms with van der Waals surface area (Å²) in [6, 6.07) is 123. The number of rotatable bonds is 8. The van der Waals surface area contributed by atoms with Crippen molar-refractivity contribution in [2.24, 2.45) is 0 Å². The van der Waals surface area contributed by atoms with Gasteiger partial charge in [-0.2, -0.15) is 0 Å². The number of fused-ring (bicyclic) bond motifs is 28. The van der Waals surface area contributed by atoms with Crippen molar-refractivity contribution in [1.82, 2.24) is 42.8 Å². The minimum absolute atomic E-state index is 0.482. The number of hydrogen-bond donors (Lipinski definition) is 0. The number of pyridine rings is 1. The molecule has 0 unspecified atom stereocenters. The first kappa shape index (κ1) is 59.7. The molecular weight excluding hydrogens is 1340 g/mol. The molecule has 22 aromatic rings. The average molecular weight is 1400 g/mol. The molecule has 0 saturated heterocycles. The second-order valence-corrected chi connectivity index (χ2v) is 29.8. The van der Waals surface area contributed by atoms with Gasteiger partial charge in [-0.3, -0.25) is 9.13 Å². The van der Waals surface area contributed by atoms with E-state index in [1.807, 2.05) is 0 Å². The van der Waals surface area contributed by atoms with Gasteiger partial charge in [-0.25, -0.2) is 19.9 Å². The van der Waals surface area contributed by atoms with Crippen molar-refractivity contribution in [2.45, 2.75) is 19.3 Å². The van der Waals surface area contributed by atoms with Crippen LogP contribution in [0.5, 0.6) is 0 Å². The van der Waals surface area contributed by atoms with Gasteiger partial charge < -0.3 is 13.7 Å². The molecule has 7 aromatic heterocycles. The first-order chi connectivity index (χ1) is 54.6. The Kier molecular flexibility index (Phi) is 12.2. The highest BCUT2D eigenvalue weighted by molar-refractivity contribution is 6.27. The molecule has 25 rings (SSSR count). The van der Waals surface area contributed by atoms with Crippen molar-refractivity contribution in [2.75, 3.05) is 0 Å². The SMILES string of the molecule is c1ccc(-c2nc(-c3ccccc3)nc(-c3c(-n4c5ccccc5c5c6c(ccc54)-c4ccccc4C6)c(-n4c5ccccc5c5c6c(ccc54)-c4ccccc4C6)nc(-n4c5ccccc5c5c4ccc4c6ccccc6n(-c6ccccc6)c45)c3-n3c4ccccc4c4c5c(ccc43)-c3ccccc3C5)n2)cc1. The molecule has 0 saturated carbocycles. The van der Waals surface area contributed by atoms with Crippen LogP contribution in [-0.2, 0) is 19.3 Å². The minimum atomic E-state index is 0.482. The maximum absolute atomic E-state index is 6.90. The van der Waals surface area contributed by atoms with E-state index in [1.165, 1.54) is 88.3 Å². The summed E-state index contributed by atoms with van der Waals surface area (Å²) in [7, 11) is 0. The van der Waals surface area contributed by atoms with Gasteiger partial charge in [0.2, 0.25) is 0 Å². The largest absolute Gasteiger partial charge is 0.309 e. The lowest BCUT2D eigenvalue weighted by Gasteiger charge is -2.26. The average Bonchev–Trinajstić information content (AvgIpc) is 1.52. The summed E-state index contributed by atoms with van der Waals surface area (Å²) >= 11 is 0. The maximum atomic E-state index is 6.90. The van der Waals surface area contributed by atoms with Crippen LogP contribution in [0.15, 0.2) is 334 Å². The van der Waals surface area contributed by atoms with E-state index in [1.54, 1.807) is 0 Å². The van der Waals surface area contributed by atoms with Crippen molar-refractivity contribution in [3.63, 3.8) is 0 Å². The third kappa shape index (κ3) is 8.13. The molecule has 110 heavy (non-hydrogen) atoms. The minimum Gasteiger partial charge on any atom is -0.309 e. The van der Waals surface area contributed by atoms with Gasteiger partial charge in [0.05, 0.1) is 60.7 Å². The van der Waals surface area contributed by atoms with Crippen LogP contribution in [0.25, 0.3) is 205 Å². The van der Waals surface area contributed by atoms with Gasteiger partial charge in [-0.05, 0) is 153 Å². The normalized spacial score (nSPS) is 12.8. The molecule has 0 radical (unpaired) electrons. The molecule has 9 heteroatoms. The monoisotopic (exact) mass is 1400 g/mol. The lowest BCUT2D eigenvalue weighted by molar-refractivity contribution is 0.952. The first-order valence-electron chi connectivity index (χ1n) is 38.0. The van der Waals surface area contributed by atoms with Gasteiger partial charge >= 0.3 is 0 Å². The van der Waals surface area contributed by atoms with Crippen LogP contribution in [0.1, 0.15) is 33.4 Å². The molecule has 0 amide bonds. The zero-order valence-corrected chi connectivity index (χ0v) is 59.4. The Hall–Kier alpha value is -14.5. The first-order valence-corrected chi connectivity index (χ1v) is 38.0. The Morgan fingerprint density at radius 1 is 0.209 bits per heavy atom.